The number of carbonyl (C=O) groups is 1. The molecule has 2 aromatic carbocycles. The number of hydrogen-bond acceptors (Lipinski definition) is 5. The van der Waals surface area contributed by atoms with Crippen molar-refractivity contribution in [3.63, 3.8) is 0 Å². The van der Waals surface area contributed by atoms with Gasteiger partial charge in [-0.2, -0.15) is 4.98 Å². The van der Waals surface area contributed by atoms with Gasteiger partial charge in [0.25, 0.3) is 0 Å². The first kappa shape index (κ1) is 22.6. The van der Waals surface area contributed by atoms with Crippen LogP contribution in [0.15, 0.2) is 46.6 Å². The van der Waals surface area contributed by atoms with Crippen LogP contribution in [0.25, 0.3) is 22.0 Å². The van der Waals surface area contributed by atoms with E-state index in [4.69, 9.17) is 0 Å². The van der Waals surface area contributed by atoms with Gasteiger partial charge in [-0.1, -0.05) is 6.58 Å². The van der Waals surface area contributed by atoms with Crippen molar-refractivity contribution in [3.05, 3.63) is 64.6 Å². The molecule has 2 aliphatic rings. The molecule has 0 bridgehead atoms. The predicted octanol–water partition coefficient (Wildman–Crippen LogP) is 3.98. The number of benzene rings is 2. The van der Waals surface area contributed by atoms with Gasteiger partial charge < -0.3 is 9.80 Å². The van der Waals surface area contributed by atoms with Crippen LogP contribution >= 0.6 is 11.8 Å². The molecule has 1 atom stereocenters. The summed E-state index contributed by atoms with van der Waals surface area (Å²) < 4.78 is 30.0. The zero-order valence-electron chi connectivity index (χ0n) is 19.0. The Morgan fingerprint density at radius 1 is 1.24 bits per heavy atom. The van der Waals surface area contributed by atoms with Crippen LogP contribution in [0.5, 0.6) is 0 Å². The van der Waals surface area contributed by atoms with Crippen LogP contribution in [0.1, 0.15) is 12.5 Å². The van der Waals surface area contributed by atoms with Crippen molar-refractivity contribution in [2.75, 3.05) is 30.3 Å². The van der Waals surface area contributed by atoms with Gasteiger partial charge in [-0.25, -0.2) is 13.6 Å². The minimum atomic E-state index is -0.635. The van der Waals surface area contributed by atoms with E-state index >= 15 is 0 Å². The van der Waals surface area contributed by atoms with Gasteiger partial charge in [0.05, 0.1) is 5.52 Å². The highest BCUT2D eigenvalue weighted by Gasteiger charge is 2.31. The molecule has 1 fully saturated rings. The Balaban J connectivity index is 1.71. The Morgan fingerprint density at radius 2 is 2.03 bits per heavy atom. The van der Waals surface area contributed by atoms with Gasteiger partial charge in [0.15, 0.2) is 0 Å². The quantitative estimate of drug-likeness (QED) is 0.529. The summed E-state index contributed by atoms with van der Waals surface area (Å²) in [6, 6.07) is 5.47. The van der Waals surface area contributed by atoms with E-state index in [1.165, 1.54) is 18.2 Å². The molecule has 5 rings (SSSR count). The zero-order chi connectivity index (χ0) is 24.1. The largest absolute Gasteiger partial charge is 0.350 e. The Morgan fingerprint density at radius 3 is 2.74 bits per heavy atom. The molecule has 3 aromatic rings. The lowest BCUT2D eigenvalue weighted by atomic mass is 9.97. The molecule has 0 N–H and O–H groups in total. The number of piperazine rings is 1. The lowest BCUT2D eigenvalue weighted by Gasteiger charge is -2.41. The van der Waals surface area contributed by atoms with Gasteiger partial charge in [-0.3, -0.25) is 9.36 Å². The van der Waals surface area contributed by atoms with Crippen LogP contribution in [0.2, 0.25) is 0 Å². The molecule has 34 heavy (non-hydrogen) atoms. The standard InChI is InChI=1S/C25H24F2N4O2S/c1-4-20(32)29-7-8-30(15(3)13-29)24-18-11-14(2)21(17-6-5-16(26)12-19(17)27)23-22(18)31(9-10-34-23)25(33)28-24/h4-6,11-12,15H,1,7-10,13H2,2-3H3. The van der Waals surface area contributed by atoms with E-state index in [0.717, 1.165) is 27.4 Å². The number of nitrogens with zero attached hydrogens (tertiary/aromatic N) is 4. The number of aromatic nitrogens is 2. The van der Waals surface area contributed by atoms with Crippen LogP contribution < -0.4 is 10.6 Å². The predicted molar refractivity (Wildman–Crippen MR) is 130 cm³/mol. The Bertz CT molecular complexity index is 1400. The average molecular weight is 483 g/mol. The first-order chi connectivity index (χ1) is 16.3. The minimum Gasteiger partial charge on any atom is -0.350 e. The number of thioether (sulfide) groups is 1. The summed E-state index contributed by atoms with van der Waals surface area (Å²) in [5, 5.41) is 0.820. The maximum absolute atomic E-state index is 14.8. The highest BCUT2D eigenvalue weighted by molar-refractivity contribution is 7.99. The third-order valence-electron chi connectivity index (χ3n) is 6.54. The average Bonchev–Trinajstić information content (AvgIpc) is 2.81. The van der Waals surface area contributed by atoms with Crippen molar-refractivity contribution in [2.24, 2.45) is 0 Å². The molecule has 176 valence electrons. The zero-order valence-corrected chi connectivity index (χ0v) is 19.8. The van der Waals surface area contributed by atoms with Gasteiger partial charge in [0, 0.05) is 65.4 Å². The highest BCUT2D eigenvalue weighted by atomic mass is 32.2. The Kier molecular flexibility index (Phi) is 5.67. The van der Waals surface area contributed by atoms with E-state index < -0.39 is 11.6 Å². The Hall–Kier alpha value is -3.20. The van der Waals surface area contributed by atoms with Gasteiger partial charge in [0.2, 0.25) is 5.91 Å². The molecule has 1 amide bonds. The van der Waals surface area contributed by atoms with Crippen molar-refractivity contribution in [1.29, 1.82) is 0 Å². The Labute approximate surface area is 199 Å². The van der Waals surface area contributed by atoms with E-state index in [-0.39, 0.29) is 17.6 Å². The van der Waals surface area contributed by atoms with Crippen molar-refractivity contribution in [1.82, 2.24) is 14.5 Å². The molecule has 0 saturated carbocycles. The molecular weight excluding hydrogens is 458 g/mol. The molecule has 1 aromatic heterocycles. The fourth-order valence-electron chi connectivity index (χ4n) is 4.96. The first-order valence-corrected chi connectivity index (χ1v) is 12.1. The van der Waals surface area contributed by atoms with Crippen molar-refractivity contribution in [3.8, 4) is 11.1 Å². The SMILES string of the molecule is C=CC(=O)N1CCN(c2nc(=O)n3c4c(c(-c5ccc(F)cc5F)c(C)cc24)SCC3)C(C)C1. The molecule has 3 heterocycles. The summed E-state index contributed by atoms with van der Waals surface area (Å²) in [4.78, 5) is 34.3. The molecule has 0 spiro atoms. The third kappa shape index (κ3) is 3.58. The van der Waals surface area contributed by atoms with Crippen LogP contribution in [-0.2, 0) is 11.3 Å². The molecule has 0 aliphatic carbocycles. The number of amides is 1. The van der Waals surface area contributed by atoms with Gasteiger partial charge >= 0.3 is 5.69 Å². The maximum atomic E-state index is 14.8. The summed E-state index contributed by atoms with van der Waals surface area (Å²) in [6.45, 7) is 9.50. The fraction of sp³-hybridized carbons (Fsp3) is 0.320. The number of carbonyl (C=O) groups excluding carboxylic acids is 1. The van der Waals surface area contributed by atoms with E-state index in [2.05, 4.69) is 16.5 Å². The van der Waals surface area contributed by atoms with E-state index in [9.17, 15) is 18.4 Å². The summed E-state index contributed by atoms with van der Waals surface area (Å²) in [7, 11) is 0. The molecule has 6 nitrogen and oxygen atoms in total. The second-order valence-corrected chi connectivity index (χ2v) is 9.77. The third-order valence-corrected chi connectivity index (χ3v) is 7.62. The van der Waals surface area contributed by atoms with E-state index in [0.29, 0.717) is 48.9 Å². The van der Waals surface area contributed by atoms with Crippen LogP contribution in [0, 0.1) is 18.6 Å². The van der Waals surface area contributed by atoms with E-state index in [1.807, 2.05) is 19.9 Å². The van der Waals surface area contributed by atoms with Crippen LogP contribution in [0.4, 0.5) is 14.6 Å². The number of rotatable bonds is 3. The molecular formula is C25H24F2N4O2S. The lowest BCUT2D eigenvalue weighted by molar-refractivity contribution is -0.126. The smallest absolute Gasteiger partial charge is 0.350 e. The molecule has 0 radical (unpaired) electrons. The number of anilines is 1. The summed E-state index contributed by atoms with van der Waals surface area (Å²) in [5.74, 6) is -0.152. The number of aryl methyl sites for hydroxylation is 2. The highest BCUT2D eigenvalue weighted by Crippen LogP contribution is 2.44. The topological polar surface area (TPSA) is 58.4 Å². The van der Waals surface area contributed by atoms with Gasteiger partial charge in [-0.15, -0.1) is 11.8 Å². The number of hydrogen-bond donors (Lipinski definition) is 0. The monoisotopic (exact) mass is 482 g/mol. The van der Waals surface area contributed by atoms with Crippen LogP contribution in [-0.4, -0.2) is 51.8 Å². The van der Waals surface area contributed by atoms with Gasteiger partial charge in [0.1, 0.15) is 17.5 Å². The normalized spacial score (nSPS) is 17.8. The van der Waals surface area contributed by atoms with Crippen LogP contribution in [0.3, 0.4) is 0 Å². The number of halogens is 2. The van der Waals surface area contributed by atoms with Crippen molar-refractivity contribution in [2.45, 2.75) is 31.3 Å². The van der Waals surface area contributed by atoms with Crippen molar-refractivity contribution >= 4 is 34.4 Å². The second-order valence-electron chi connectivity index (χ2n) is 8.67. The molecule has 1 saturated heterocycles. The minimum absolute atomic E-state index is 0.0582. The van der Waals surface area contributed by atoms with Crippen molar-refractivity contribution < 1.29 is 13.6 Å². The fourth-order valence-corrected chi connectivity index (χ4v) is 6.21. The summed E-state index contributed by atoms with van der Waals surface area (Å²) in [5.41, 5.74) is 2.19. The lowest BCUT2D eigenvalue weighted by Crippen LogP contribution is -2.54. The molecule has 9 heteroatoms. The second kappa shape index (κ2) is 8.54. The summed E-state index contributed by atoms with van der Waals surface area (Å²) >= 11 is 1.57. The van der Waals surface area contributed by atoms with Gasteiger partial charge in [-0.05, 0) is 43.7 Å². The van der Waals surface area contributed by atoms with E-state index in [1.54, 1.807) is 21.2 Å². The maximum Gasteiger partial charge on any atom is 0.350 e. The first-order valence-electron chi connectivity index (χ1n) is 11.1. The molecule has 1 unspecified atom stereocenters. The molecule has 2 aliphatic heterocycles. The summed E-state index contributed by atoms with van der Waals surface area (Å²) in [6.07, 6.45) is 1.31.